The van der Waals surface area contributed by atoms with Gasteiger partial charge in [-0.1, -0.05) is 11.6 Å². The molecule has 4 rings (SSSR count). The highest BCUT2D eigenvalue weighted by Crippen LogP contribution is 2.30. The van der Waals surface area contributed by atoms with Crippen molar-refractivity contribution in [1.82, 2.24) is 9.29 Å². The number of aromatic carboxylic acids is 1. The number of carboxylic acid groups (broad SMARTS) is 1. The van der Waals surface area contributed by atoms with Gasteiger partial charge in [0.2, 0.25) is 10.0 Å². The number of piperazine rings is 1. The largest absolute Gasteiger partial charge is 0.477 e. The van der Waals surface area contributed by atoms with Crippen LogP contribution in [0, 0.1) is 0 Å². The quantitative estimate of drug-likeness (QED) is 0.674. The first-order valence-corrected chi connectivity index (χ1v) is 11.2. The minimum atomic E-state index is -3.84. The highest BCUT2D eigenvalue weighted by molar-refractivity contribution is 7.89. The molecule has 0 spiro atoms. The molecule has 0 radical (unpaired) electrons. The van der Waals surface area contributed by atoms with Crippen LogP contribution in [-0.4, -0.2) is 55.0 Å². The fourth-order valence-corrected chi connectivity index (χ4v) is 6.17. The number of hydrogen-bond acceptors (Lipinski definition) is 6. The van der Waals surface area contributed by atoms with E-state index in [4.69, 9.17) is 11.6 Å². The molecule has 0 bridgehead atoms. The number of fused-ring (bicyclic) bond motifs is 1. The van der Waals surface area contributed by atoms with E-state index in [-0.39, 0.29) is 22.9 Å². The summed E-state index contributed by atoms with van der Waals surface area (Å²) in [5.74, 6) is -1.23. The predicted molar refractivity (Wildman–Crippen MR) is 109 cm³/mol. The molecule has 1 aliphatic rings. The highest BCUT2D eigenvalue weighted by atomic mass is 35.5. The van der Waals surface area contributed by atoms with Gasteiger partial charge < -0.3 is 10.0 Å². The average Bonchev–Trinajstić information content (AvgIpc) is 3.18. The Kier molecular flexibility index (Phi) is 5.00. The van der Waals surface area contributed by atoms with E-state index in [9.17, 15) is 18.3 Å². The van der Waals surface area contributed by atoms with Crippen molar-refractivity contribution >= 4 is 55.5 Å². The molecule has 3 aromatic rings. The molecular formula is C18H16ClN3O4S2. The maximum absolute atomic E-state index is 12.9. The Morgan fingerprint density at radius 2 is 1.89 bits per heavy atom. The molecule has 1 aliphatic heterocycles. The number of aromatic nitrogens is 1. The van der Waals surface area contributed by atoms with Crippen LogP contribution in [0.2, 0.25) is 5.02 Å². The number of thiophene rings is 1. The number of rotatable bonds is 4. The lowest BCUT2D eigenvalue weighted by atomic mass is 10.1. The van der Waals surface area contributed by atoms with Gasteiger partial charge in [-0.25, -0.2) is 13.2 Å². The van der Waals surface area contributed by atoms with Crippen LogP contribution in [0.4, 0.5) is 5.69 Å². The lowest BCUT2D eigenvalue weighted by Crippen LogP contribution is -2.48. The summed E-state index contributed by atoms with van der Waals surface area (Å²) in [4.78, 5) is 17.5. The van der Waals surface area contributed by atoms with Gasteiger partial charge in [-0.15, -0.1) is 11.3 Å². The van der Waals surface area contributed by atoms with Gasteiger partial charge in [0.25, 0.3) is 0 Å². The molecule has 28 heavy (non-hydrogen) atoms. The summed E-state index contributed by atoms with van der Waals surface area (Å²) in [5, 5.41) is 12.3. The van der Waals surface area contributed by atoms with Crippen LogP contribution in [0.3, 0.4) is 0 Å². The van der Waals surface area contributed by atoms with Crippen molar-refractivity contribution in [3.8, 4) is 0 Å². The lowest BCUT2D eigenvalue weighted by molar-refractivity contribution is 0.0698. The molecular weight excluding hydrogens is 422 g/mol. The van der Waals surface area contributed by atoms with E-state index in [1.54, 1.807) is 18.3 Å². The van der Waals surface area contributed by atoms with E-state index < -0.39 is 16.0 Å². The second-order valence-corrected chi connectivity index (χ2v) is 9.56. The van der Waals surface area contributed by atoms with Gasteiger partial charge in [0.1, 0.15) is 9.77 Å². The van der Waals surface area contributed by atoms with Crippen LogP contribution in [-0.2, 0) is 10.0 Å². The van der Waals surface area contributed by atoms with E-state index in [2.05, 4.69) is 9.88 Å². The molecule has 3 heterocycles. The molecule has 0 aliphatic carbocycles. The third-order valence-electron chi connectivity index (χ3n) is 4.70. The summed E-state index contributed by atoms with van der Waals surface area (Å²) in [7, 11) is -3.84. The number of anilines is 1. The number of benzene rings is 1. The number of carbonyl (C=O) groups is 1. The molecule has 0 saturated carbocycles. The minimum Gasteiger partial charge on any atom is -0.477 e. The van der Waals surface area contributed by atoms with E-state index in [1.165, 1.54) is 15.8 Å². The fourth-order valence-electron chi connectivity index (χ4n) is 3.35. The van der Waals surface area contributed by atoms with Gasteiger partial charge in [0.05, 0.1) is 5.52 Å². The molecule has 2 aromatic heterocycles. The molecule has 1 N–H and O–H groups in total. The van der Waals surface area contributed by atoms with Crippen molar-refractivity contribution in [2.24, 2.45) is 0 Å². The SMILES string of the molecule is O=C(O)c1sccc1S(=O)(=O)N1CCN(c2ccnc3cc(Cl)ccc23)CC1. The van der Waals surface area contributed by atoms with Crippen molar-refractivity contribution in [3.05, 3.63) is 51.8 Å². The topological polar surface area (TPSA) is 90.8 Å². The van der Waals surface area contributed by atoms with E-state index >= 15 is 0 Å². The third-order valence-corrected chi connectivity index (χ3v) is 7.91. The lowest BCUT2D eigenvalue weighted by Gasteiger charge is -2.35. The summed E-state index contributed by atoms with van der Waals surface area (Å²) < 4.78 is 27.1. The van der Waals surface area contributed by atoms with E-state index in [1.807, 2.05) is 12.1 Å². The van der Waals surface area contributed by atoms with Crippen LogP contribution in [0.1, 0.15) is 9.67 Å². The van der Waals surface area contributed by atoms with Gasteiger partial charge in [0.15, 0.2) is 0 Å². The Hall–Kier alpha value is -2.20. The van der Waals surface area contributed by atoms with Crippen molar-refractivity contribution < 1.29 is 18.3 Å². The normalized spacial score (nSPS) is 15.8. The molecule has 0 atom stereocenters. The zero-order valence-electron chi connectivity index (χ0n) is 14.6. The summed E-state index contributed by atoms with van der Waals surface area (Å²) >= 11 is 6.96. The number of carboxylic acids is 1. The van der Waals surface area contributed by atoms with Crippen LogP contribution in [0.25, 0.3) is 10.9 Å². The van der Waals surface area contributed by atoms with Gasteiger partial charge in [-0.2, -0.15) is 4.31 Å². The van der Waals surface area contributed by atoms with Gasteiger partial charge in [0, 0.05) is 48.5 Å². The molecule has 1 aromatic carbocycles. The molecule has 0 amide bonds. The molecule has 10 heteroatoms. The summed E-state index contributed by atoms with van der Waals surface area (Å²) in [6.07, 6.45) is 1.71. The maximum atomic E-state index is 12.9. The zero-order chi connectivity index (χ0) is 19.9. The third kappa shape index (κ3) is 3.35. The van der Waals surface area contributed by atoms with Gasteiger partial charge in [-0.05, 0) is 35.7 Å². The number of hydrogen-bond donors (Lipinski definition) is 1. The Morgan fingerprint density at radius 3 is 2.61 bits per heavy atom. The van der Waals surface area contributed by atoms with Crippen LogP contribution >= 0.6 is 22.9 Å². The van der Waals surface area contributed by atoms with Crippen molar-refractivity contribution in [3.63, 3.8) is 0 Å². The Balaban J connectivity index is 1.57. The maximum Gasteiger partial charge on any atom is 0.347 e. The Labute approximate surface area is 170 Å². The summed E-state index contributed by atoms with van der Waals surface area (Å²) in [6.45, 7) is 1.53. The summed E-state index contributed by atoms with van der Waals surface area (Å²) in [6, 6.07) is 8.77. The highest BCUT2D eigenvalue weighted by Gasteiger charge is 2.32. The number of halogens is 1. The second kappa shape index (κ2) is 7.32. The first kappa shape index (κ1) is 19.1. The van der Waals surface area contributed by atoms with Crippen molar-refractivity contribution in [1.29, 1.82) is 0 Å². The van der Waals surface area contributed by atoms with Crippen LogP contribution in [0.15, 0.2) is 46.8 Å². The standard InChI is InChI=1S/C18H16ClN3O4S2/c19-12-1-2-13-14(11-12)20-5-3-15(13)21-6-8-22(9-7-21)28(25,26)16-4-10-27-17(16)18(23)24/h1-5,10-11H,6-9H2,(H,23,24). The average molecular weight is 438 g/mol. The molecule has 1 fully saturated rings. The smallest absolute Gasteiger partial charge is 0.347 e. The number of nitrogens with zero attached hydrogens (tertiary/aromatic N) is 3. The van der Waals surface area contributed by atoms with E-state index in [0.717, 1.165) is 27.9 Å². The van der Waals surface area contributed by atoms with Crippen LogP contribution < -0.4 is 4.90 Å². The van der Waals surface area contributed by atoms with Crippen molar-refractivity contribution in [2.45, 2.75) is 4.90 Å². The predicted octanol–water partition coefficient (Wildman–Crippen LogP) is 3.16. The number of pyridine rings is 1. The monoisotopic (exact) mass is 437 g/mol. The fraction of sp³-hybridized carbons (Fsp3) is 0.222. The minimum absolute atomic E-state index is 0.137. The number of sulfonamides is 1. The zero-order valence-corrected chi connectivity index (χ0v) is 17.0. The van der Waals surface area contributed by atoms with Crippen LogP contribution in [0.5, 0.6) is 0 Å². The van der Waals surface area contributed by atoms with Gasteiger partial charge in [-0.3, -0.25) is 4.98 Å². The summed E-state index contributed by atoms with van der Waals surface area (Å²) in [5.41, 5.74) is 1.75. The Morgan fingerprint density at radius 1 is 1.14 bits per heavy atom. The Bertz CT molecular complexity index is 1150. The molecule has 1 saturated heterocycles. The first-order chi connectivity index (χ1) is 13.4. The molecule has 146 valence electrons. The molecule has 7 nitrogen and oxygen atoms in total. The second-order valence-electron chi connectivity index (χ2n) is 6.30. The van der Waals surface area contributed by atoms with Gasteiger partial charge >= 0.3 is 5.97 Å². The van der Waals surface area contributed by atoms with E-state index in [0.29, 0.717) is 18.1 Å². The molecule has 0 unspecified atom stereocenters. The van der Waals surface area contributed by atoms with Crippen molar-refractivity contribution in [2.75, 3.05) is 31.1 Å². The first-order valence-electron chi connectivity index (χ1n) is 8.48.